The average Bonchev–Trinajstić information content (AvgIpc) is 3.30. The van der Waals surface area contributed by atoms with Crippen LogP contribution in [0.5, 0.6) is 0 Å². The number of pyridine rings is 1. The summed E-state index contributed by atoms with van der Waals surface area (Å²) in [7, 11) is 0. The summed E-state index contributed by atoms with van der Waals surface area (Å²) in [5.41, 5.74) is 3.81. The van der Waals surface area contributed by atoms with Crippen molar-refractivity contribution in [2.24, 2.45) is 0 Å². The van der Waals surface area contributed by atoms with Crippen LogP contribution < -0.4 is 10.7 Å². The molecule has 0 unspecified atom stereocenters. The Morgan fingerprint density at radius 2 is 2.23 bits per heavy atom. The van der Waals surface area contributed by atoms with Gasteiger partial charge in [0.2, 0.25) is 0 Å². The lowest BCUT2D eigenvalue weighted by atomic mass is 10.3. The maximum absolute atomic E-state index is 12.5. The van der Waals surface area contributed by atoms with Gasteiger partial charge in [0.05, 0.1) is 5.52 Å². The predicted octanol–water partition coefficient (Wildman–Crippen LogP) is 1.27. The lowest BCUT2D eigenvalue weighted by Gasteiger charge is -2.27. The number of carbonyl (C=O) groups is 2. The van der Waals surface area contributed by atoms with Crippen molar-refractivity contribution in [2.45, 2.75) is 25.2 Å². The summed E-state index contributed by atoms with van der Waals surface area (Å²) in [6.45, 7) is 1.16. The molecule has 1 aliphatic heterocycles. The van der Waals surface area contributed by atoms with Gasteiger partial charge in [0.25, 0.3) is 5.91 Å². The van der Waals surface area contributed by atoms with Crippen LogP contribution in [0, 0.1) is 0 Å². The largest absolute Gasteiger partial charge is 0.336 e. The number of nitrogens with zero attached hydrogens (tertiary/aromatic N) is 3. The van der Waals surface area contributed by atoms with Crippen molar-refractivity contribution < 1.29 is 9.59 Å². The van der Waals surface area contributed by atoms with E-state index >= 15 is 0 Å². The van der Waals surface area contributed by atoms with E-state index < -0.39 is 0 Å². The Balaban J connectivity index is 1.65. The van der Waals surface area contributed by atoms with Crippen molar-refractivity contribution in [3.8, 4) is 0 Å². The number of fused-ring (bicyclic) bond motifs is 1. The number of nitrogens with one attached hydrogen (secondary N) is 2. The summed E-state index contributed by atoms with van der Waals surface area (Å²) in [4.78, 5) is 28.8. The van der Waals surface area contributed by atoms with E-state index in [4.69, 9.17) is 0 Å². The zero-order valence-electron chi connectivity index (χ0n) is 12.1. The molecule has 0 aromatic carbocycles. The van der Waals surface area contributed by atoms with Crippen LogP contribution in [0.2, 0.25) is 0 Å². The van der Waals surface area contributed by atoms with Crippen molar-refractivity contribution in [1.82, 2.24) is 25.1 Å². The van der Waals surface area contributed by atoms with E-state index in [1.807, 2.05) is 28.8 Å². The molecule has 2 aromatic heterocycles. The van der Waals surface area contributed by atoms with Gasteiger partial charge in [-0.2, -0.15) is 0 Å². The lowest BCUT2D eigenvalue weighted by molar-refractivity contribution is 0.0805. The van der Waals surface area contributed by atoms with Crippen LogP contribution in [0.1, 0.15) is 41.5 Å². The Morgan fingerprint density at radius 3 is 3.00 bits per heavy atom. The summed E-state index contributed by atoms with van der Waals surface area (Å²) in [5, 5.41) is 4.02. The summed E-state index contributed by atoms with van der Waals surface area (Å²) in [6, 6.07) is 5.42. The van der Waals surface area contributed by atoms with Gasteiger partial charge in [0, 0.05) is 25.2 Å². The molecule has 2 N–H and O–H groups in total. The SMILES string of the molecule is O=C(NN1CCCNC1=O)c1nc(C2CC2)n2ccccc12. The zero-order chi connectivity index (χ0) is 15.1. The Kier molecular flexibility index (Phi) is 2.99. The molecule has 2 fully saturated rings. The van der Waals surface area contributed by atoms with E-state index in [0.29, 0.717) is 24.7 Å². The van der Waals surface area contributed by atoms with Crippen LogP contribution >= 0.6 is 0 Å². The number of hydrogen-bond acceptors (Lipinski definition) is 3. The van der Waals surface area contributed by atoms with Gasteiger partial charge in [-0.1, -0.05) is 6.07 Å². The highest BCUT2D eigenvalue weighted by molar-refractivity contribution is 5.99. The van der Waals surface area contributed by atoms with E-state index in [0.717, 1.165) is 30.6 Å². The summed E-state index contributed by atoms with van der Waals surface area (Å²) < 4.78 is 1.98. The lowest BCUT2D eigenvalue weighted by Crippen LogP contribution is -2.54. The first-order valence-electron chi connectivity index (χ1n) is 7.57. The maximum atomic E-state index is 12.5. The predicted molar refractivity (Wildman–Crippen MR) is 79.4 cm³/mol. The van der Waals surface area contributed by atoms with E-state index in [1.165, 1.54) is 5.01 Å². The second-order valence-electron chi connectivity index (χ2n) is 5.73. The van der Waals surface area contributed by atoms with Gasteiger partial charge < -0.3 is 9.72 Å². The monoisotopic (exact) mass is 299 g/mol. The van der Waals surface area contributed by atoms with Crippen molar-refractivity contribution in [1.29, 1.82) is 0 Å². The number of aromatic nitrogens is 2. The molecule has 7 nitrogen and oxygen atoms in total. The summed E-state index contributed by atoms with van der Waals surface area (Å²) in [5.74, 6) is 1.03. The van der Waals surface area contributed by atoms with Crippen LogP contribution in [0.4, 0.5) is 4.79 Å². The van der Waals surface area contributed by atoms with Gasteiger partial charge in [0.15, 0.2) is 5.69 Å². The molecular weight excluding hydrogens is 282 g/mol. The van der Waals surface area contributed by atoms with Crippen LogP contribution in [-0.4, -0.2) is 39.4 Å². The molecule has 1 saturated heterocycles. The molecule has 2 aromatic rings. The van der Waals surface area contributed by atoms with Gasteiger partial charge in [-0.3, -0.25) is 10.2 Å². The van der Waals surface area contributed by atoms with Crippen molar-refractivity contribution in [3.63, 3.8) is 0 Å². The third kappa shape index (κ3) is 2.18. The molecule has 7 heteroatoms. The van der Waals surface area contributed by atoms with Crippen LogP contribution in [0.3, 0.4) is 0 Å². The van der Waals surface area contributed by atoms with E-state index in [-0.39, 0.29) is 11.9 Å². The molecule has 3 heterocycles. The molecule has 0 atom stereocenters. The summed E-state index contributed by atoms with van der Waals surface area (Å²) >= 11 is 0. The first kappa shape index (κ1) is 13.1. The maximum Gasteiger partial charge on any atom is 0.336 e. The molecule has 1 saturated carbocycles. The fraction of sp³-hybridized carbons (Fsp3) is 0.400. The fourth-order valence-electron chi connectivity index (χ4n) is 2.77. The molecule has 3 amide bonds. The highest BCUT2D eigenvalue weighted by atomic mass is 16.2. The normalized spacial score (nSPS) is 18.4. The van der Waals surface area contributed by atoms with Crippen LogP contribution in [0.25, 0.3) is 5.52 Å². The molecule has 0 spiro atoms. The smallest absolute Gasteiger partial charge is 0.336 e. The van der Waals surface area contributed by atoms with Gasteiger partial charge in [0.1, 0.15) is 5.82 Å². The minimum Gasteiger partial charge on any atom is -0.336 e. The third-order valence-corrected chi connectivity index (χ3v) is 4.05. The molecule has 4 rings (SSSR count). The molecule has 22 heavy (non-hydrogen) atoms. The minimum absolute atomic E-state index is 0.273. The molecule has 0 bridgehead atoms. The van der Waals surface area contributed by atoms with Crippen molar-refractivity contribution >= 4 is 17.5 Å². The number of hydrazine groups is 1. The number of carbonyl (C=O) groups excluding carboxylic acids is 2. The highest BCUT2D eigenvalue weighted by Crippen LogP contribution is 2.39. The Bertz CT molecular complexity index is 749. The van der Waals surface area contributed by atoms with Gasteiger partial charge in [-0.05, 0) is 31.4 Å². The number of urea groups is 1. The van der Waals surface area contributed by atoms with Crippen molar-refractivity contribution in [3.05, 3.63) is 35.9 Å². The second-order valence-corrected chi connectivity index (χ2v) is 5.73. The fourth-order valence-corrected chi connectivity index (χ4v) is 2.77. The number of amides is 3. The van der Waals surface area contributed by atoms with Crippen LogP contribution in [0.15, 0.2) is 24.4 Å². The number of hydrogen-bond donors (Lipinski definition) is 2. The van der Waals surface area contributed by atoms with E-state index in [1.54, 1.807) is 0 Å². The minimum atomic E-state index is -0.340. The van der Waals surface area contributed by atoms with Crippen molar-refractivity contribution in [2.75, 3.05) is 13.1 Å². The first-order chi connectivity index (χ1) is 10.7. The van der Waals surface area contributed by atoms with E-state index in [9.17, 15) is 9.59 Å². The highest BCUT2D eigenvalue weighted by Gasteiger charge is 2.31. The molecule has 114 valence electrons. The molecular formula is C15H17N5O2. The van der Waals surface area contributed by atoms with Crippen LogP contribution in [-0.2, 0) is 0 Å². The Labute approximate surface area is 127 Å². The zero-order valence-corrected chi connectivity index (χ0v) is 12.1. The van der Waals surface area contributed by atoms with Gasteiger partial charge in [-0.25, -0.2) is 14.8 Å². The second kappa shape index (κ2) is 5.01. The van der Waals surface area contributed by atoms with Gasteiger partial charge in [-0.15, -0.1) is 0 Å². The standard InChI is InChI=1S/C15H17N5O2/c21-14(18-20-9-3-7-16-15(20)22)12-11-4-1-2-8-19(11)13(17-12)10-5-6-10/h1-2,4,8,10H,3,5-7,9H2,(H,16,22)(H,18,21). The third-order valence-electron chi connectivity index (χ3n) is 4.05. The molecule has 1 aliphatic carbocycles. The van der Waals surface area contributed by atoms with Gasteiger partial charge >= 0.3 is 6.03 Å². The van der Waals surface area contributed by atoms with E-state index in [2.05, 4.69) is 15.7 Å². The molecule has 0 radical (unpaired) electrons. The Hall–Kier alpha value is -2.57. The topological polar surface area (TPSA) is 78.7 Å². The number of imidazole rings is 1. The first-order valence-corrected chi connectivity index (χ1v) is 7.57. The summed E-state index contributed by atoms with van der Waals surface area (Å²) in [6.07, 6.45) is 4.97. The molecule has 2 aliphatic rings. The Morgan fingerprint density at radius 1 is 1.36 bits per heavy atom. The number of rotatable bonds is 3. The quantitative estimate of drug-likeness (QED) is 0.896. The average molecular weight is 299 g/mol.